The number of hydrogen-bond donors (Lipinski definition) is 0. The van der Waals surface area contributed by atoms with Crippen LogP contribution < -0.4 is 9.47 Å². The summed E-state index contributed by atoms with van der Waals surface area (Å²) >= 11 is 0. The minimum Gasteiger partial charge on any atom is -0.454 e. The summed E-state index contributed by atoms with van der Waals surface area (Å²) in [5.41, 5.74) is 2.49. The second-order valence-corrected chi connectivity index (χ2v) is 5.75. The minimum atomic E-state index is -0.298. The molecule has 2 aliphatic rings. The third-order valence-corrected chi connectivity index (χ3v) is 4.19. The van der Waals surface area contributed by atoms with Gasteiger partial charge in [0, 0.05) is 13.3 Å². The van der Waals surface area contributed by atoms with Gasteiger partial charge in [0.05, 0.1) is 11.8 Å². The Kier molecular flexibility index (Phi) is 3.45. The van der Waals surface area contributed by atoms with Crippen molar-refractivity contribution in [1.29, 1.82) is 0 Å². The number of amides is 1. The molecule has 0 saturated carbocycles. The van der Waals surface area contributed by atoms with Gasteiger partial charge in [-0.1, -0.05) is 18.2 Å². The lowest BCUT2D eigenvalue weighted by Gasteiger charge is -2.20. The van der Waals surface area contributed by atoms with Crippen LogP contribution in [0.5, 0.6) is 11.5 Å². The van der Waals surface area contributed by atoms with Crippen LogP contribution in [0.15, 0.2) is 47.6 Å². The smallest absolute Gasteiger partial charge is 0.240 e. The SMILES string of the molecule is CC(=O)N1N=C(c2ccc(F)cc2)CC1c1ccc2c(c1)OCO2. The van der Waals surface area contributed by atoms with E-state index in [1.807, 2.05) is 18.2 Å². The molecule has 1 atom stereocenters. The van der Waals surface area contributed by atoms with Gasteiger partial charge in [0.2, 0.25) is 12.7 Å². The van der Waals surface area contributed by atoms with Gasteiger partial charge >= 0.3 is 0 Å². The summed E-state index contributed by atoms with van der Waals surface area (Å²) < 4.78 is 23.9. The standard InChI is InChI=1S/C18H15FN2O3/c1-11(22)21-16(13-4-7-17-18(8-13)24-10-23-17)9-15(20-21)12-2-5-14(19)6-3-12/h2-8,16H,9-10H2,1H3. The fourth-order valence-corrected chi connectivity index (χ4v) is 3.00. The van der Waals surface area contributed by atoms with Crippen molar-refractivity contribution in [3.63, 3.8) is 0 Å². The number of ether oxygens (including phenoxy) is 2. The summed E-state index contributed by atoms with van der Waals surface area (Å²) in [4.78, 5) is 12.0. The van der Waals surface area contributed by atoms with Crippen molar-refractivity contribution in [2.45, 2.75) is 19.4 Å². The molecule has 1 unspecified atom stereocenters. The molecule has 0 aliphatic carbocycles. The normalized spacial score (nSPS) is 18.7. The molecule has 2 aliphatic heterocycles. The number of hydrazone groups is 1. The predicted molar refractivity (Wildman–Crippen MR) is 85.4 cm³/mol. The summed E-state index contributed by atoms with van der Waals surface area (Å²) in [5.74, 6) is 0.930. The van der Waals surface area contributed by atoms with Crippen LogP contribution in [0.2, 0.25) is 0 Å². The van der Waals surface area contributed by atoms with Crippen LogP contribution in [0, 0.1) is 5.82 Å². The molecule has 4 rings (SSSR count). The molecular weight excluding hydrogens is 311 g/mol. The Morgan fingerprint density at radius 1 is 1.17 bits per heavy atom. The average Bonchev–Trinajstić information content (AvgIpc) is 3.21. The molecule has 24 heavy (non-hydrogen) atoms. The highest BCUT2D eigenvalue weighted by molar-refractivity contribution is 6.03. The van der Waals surface area contributed by atoms with E-state index in [2.05, 4.69) is 5.10 Å². The van der Waals surface area contributed by atoms with E-state index in [4.69, 9.17) is 9.47 Å². The number of rotatable bonds is 2. The quantitative estimate of drug-likeness (QED) is 0.851. The Hall–Kier alpha value is -2.89. The Morgan fingerprint density at radius 3 is 2.67 bits per heavy atom. The Bertz CT molecular complexity index is 833. The summed E-state index contributed by atoms with van der Waals surface area (Å²) in [6, 6.07) is 11.6. The van der Waals surface area contributed by atoms with E-state index in [1.165, 1.54) is 24.1 Å². The molecular formula is C18H15FN2O3. The molecule has 2 aromatic rings. The van der Waals surface area contributed by atoms with E-state index in [1.54, 1.807) is 12.1 Å². The van der Waals surface area contributed by atoms with Crippen molar-refractivity contribution in [1.82, 2.24) is 5.01 Å². The van der Waals surface area contributed by atoms with Crippen LogP contribution in [0.3, 0.4) is 0 Å². The molecule has 0 spiro atoms. The molecule has 0 bridgehead atoms. The highest BCUT2D eigenvalue weighted by Gasteiger charge is 2.32. The van der Waals surface area contributed by atoms with Crippen molar-refractivity contribution < 1.29 is 18.7 Å². The molecule has 6 heteroatoms. The maximum Gasteiger partial charge on any atom is 0.240 e. The fourth-order valence-electron chi connectivity index (χ4n) is 3.00. The van der Waals surface area contributed by atoms with E-state index >= 15 is 0 Å². The zero-order valence-electron chi connectivity index (χ0n) is 13.0. The zero-order chi connectivity index (χ0) is 16.7. The number of hydrogen-bond acceptors (Lipinski definition) is 4. The molecule has 122 valence electrons. The number of fused-ring (bicyclic) bond motifs is 1. The molecule has 0 fully saturated rings. The van der Waals surface area contributed by atoms with Gasteiger partial charge in [-0.2, -0.15) is 5.10 Å². The molecule has 0 aromatic heterocycles. The monoisotopic (exact) mass is 326 g/mol. The Balaban J connectivity index is 1.67. The summed E-state index contributed by atoms with van der Waals surface area (Å²) in [7, 11) is 0. The first-order valence-electron chi connectivity index (χ1n) is 7.64. The molecule has 5 nitrogen and oxygen atoms in total. The Labute approximate surface area is 138 Å². The second-order valence-electron chi connectivity index (χ2n) is 5.75. The lowest BCUT2D eigenvalue weighted by molar-refractivity contribution is -0.130. The lowest BCUT2D eigenvalue weighted by Crippen LogP contribution is -2.24. The number of carbonyl (C=O) groups is 1. The molecule has 0 N–H and O–H groups in total. The molecule has 0 saturated heterocycles. The lowest BCUT2D eigenvalue weighted by atomic mass is 9.98. The van der Waals surface area contributed by atoms with Gasteiger partial charge in [-0.15, -0.1) is 0 Å². The van der Waals surface area contributed by atoms with Gasteiger partial charge in [0.25, 0.3) is 0 Å². The van der Waals surface area contributed by atoms with Gasteiger partial charge in [0.1, 0.15) is 5.82 Å². The van der Waals surface area contributed by atoms with E-state index in [0.717, 1.165) is 16.8 Å². The molecule has 2 aromatic carbocycles. The number of nitrogens with zero attached hydrogens (tertiary/aromatic N) is 2. The minimum absolute atomic E-state index is 0.144. The number of benzene rings is 2. The summed E-state index contributed by atoms with van der Waals surface area (Å²) in [5, 5.41) is 5.91. The van der Waals surface area contributed by atoms with E-state index in [0.29, 0.717) is 17.9 Å². The Morgan fingerprint density at radius 2 is 1.92 bits per heavy atom. The van der Waals surface area contributed by atoms with Crippen LogP contribution in [0.1, 0.15) is 30.5 Å². The van der Waals surface area contributed by atoms with Crippen molar-refractivity contribution in [3.05, 3.63) is 59.4 Å². The molecule has 0 radical (unpaired) electrons. The summed E-state index contributed by atoms with van der Waals surface area (Å²) in [6.07, 6.45) is 0.560. The van der Waals surface area contributed by atoms with Crippen LogP contribution in [0.4, 0.5) is 4.39 Å². The van der Waals surface area contributed by atoms with Crippen molar-refractivity contribution >= 4 is 11.6 Å². The number of halogens is 1. The highest BCUT2D eigenvalue weighted by Crippen LogP contribution is 2.39. The van der Waals surface area contributed by atoms with Crippen molar-refractivity contribution in [2.24, 2.45) is 5.10 Å². The van der Waals surface area contributed by atoms with E-state index < -0.39 is 0 Å². The zero-order valence-corrected chi connectivity index (χ0v) is 13.0. The van der Waals surface area contributed by atoms with E-state index in [9.17, 15) is 9.18 Å². The second kappa shape index (κ2) is 5.63. The average molecular weight is 326 g/mol. The van der Waals surface area contributed by atoms with Gasteiger partial charge in [-0.05, 0) is 35.4 Å². The van der Waals surface area contributed by atoms with Gasteiger partial charge in [0.15, 0.2) is 11.5 Å². The van der Waals surface area contributed by atoms with Crippen molar-refractivity contribution in [2.75, 3.05) is 6.79 Å². The first kappa shape index (κ1) is 14.7. The van der Waals surface area contributed by atoms with Crippen LogP contribution >= 0.6 is 0 Å². The molecule has 1 amide bonds. The highest BCUT2D eigenvalue weighted by atomic mass is 19.1. The molecule has 2 heterocycles. The van der Waals surface area contributed by atoms with Crippen LogP contribution in [-0.4, -0.2) is 23.4 Å². The first-order chi connectivity index (χ1) is 11.6. The van der Waals surface area contributed by atoms with Crippen molar-refractivity contribution in [3.8, 4) is 11.5 Å². The third kappa shape index (κ3) is 2.50. The fraction of sp³-hybridized carbons (Fsp3) is 0.222. The van der Waals surface area contributed by atoms with Gasteiger partial charge in [-0.3, -0.25) is 4.79 Å². The summed E-state index contributed by atoms with van der Waals surface area (Å²) in [6.45, 7) is 1.69. The maximum atomic E-state index is 13.1. The maximum absolute atomic E-state index is 13.1. The predicted octanol–water partition coefficient (Wildman–Crippen LogP) is 3.25. The third-order valence-electron chi connectivity index (χ3n) is 4.19. The van der Waals surface area contributed by atoms with Gasteiger partial charge < -0.3 is 9.47 Å². The van der Waals surface area contributed by atoms with E-state index in [-0.39, 0.29) is 24.6 Å². The van der Waals surface area contributed by atoms with Gasteiger partial charge in [-0.25, -0.2) is 9.40 Å². The van der Waals surface area contributed by atoms with Crippen LogP contribution in [0.25, 0.3) is 0 Å². The topological polar surface area (TPSA) is 51.1 Å². The number of carbonyl (C=O) groups excluding carboxylic acids is 1. The largest absolute Gasteiger partial charge is 0.454 e. The first-order valence-corrected chi connectivity index (χ1v) is 7.64. The van der Waals surface area contributed by atoms with Crippen LogP contribution in [-0.2, 0) is 4.79 Å².